The van der Waals surface area contributed by atoms with Crippen LogP contribution in [0.3, 0.4) is 0 Å². The fraction of sp³-hybridized carbons (Fsp3) is 0.500. The maximum Gasteiger partial charge on any atom is 0.253 e. The smallest absolute Gasteiger partial charge is 0.253 e. The summed E-state index contributed by atoms with van der Waals surface area (Å²) in [5.41, 5.74) is 2.35. The molecular weight excluding hydrogens is 298 g/mol. The van der Waals surface area contributed by atoms with Crippen LogP contribution in [0.1, 0.15) is 48.0 Å². The van der Waals surface area contributed by atoms with Gasteiger partial charge in [0.2, 0.25) is 0 Å². The average Bonchev–Trinajstić information content (AvgIpc) is 2.67. The van der Waals surface area contributed by atoms with E-state index in [-0.39, 0.29) is 5.91 Å². The highest BCUT2D eigenvalue weighted by Crippen LogP contribution is 2.25. The fourth-order valence-corrected chi connectivity index (χ4v) is 3.90. The maximum absolute atomic E-state index is 12.8. The van der Waals surface area contributed by atoms with E-state index in [1.807, 2.05) is 23.1 Å². The van der Waals surface area contributed by atoms with E-state index in [1.165, 1.54) is 32.4 Å². The van der Waals surface area contributed by atoms with Crippen LogP contribution in [0.25, 0.3) is 6.08 Å². The Bertz CT molecular complexity index is 611. The zero-order valence-corrected chi connectivity index (χ0v) is 14.4. The summed E-state index contributed by atoms with van der Waals surface area (Å²) in [6.45, 7) is 11.5. The monoisotopic (exact) mass is 325 g/mol. The van der Waals surface area contributed by atoms with Crippen LogP contribution >= 0.6 is 0 Å². The number of hydrogen-bond donors (Lipinski definition) is 0. The molecule has 0 spiro atoms. The van der Waals surface area contributed by atoms with Gasteiger partial charge in [0.1, 0.15) is 0 Å². The van der Waals surface area contributed by atoms with Crippen molar-refractivity contribution in [2.24, 2.45) is 4.99 Å². The highest BCUT2D eigenvalue weighted by Gasteiger charge is 2.28. The van der Waals surface area contributed by atoms with Gasteiger partial charge < -0.3 is 9.80 Å². The molecule has 3 rings (SSSR count). The van der Waals surface area contributed by atoms with Crippen LogP contribution in [0.5, 0.6) is 0 Å². The van der Waals surface area contributed by atoms with Crippen LogP contribution in [-0.2, 0) is 0 Å². The molecule has 4 nitrogen and oxygen atoms in total. The van der Waals surface area contributed by atoms with Gasteiger partial charge in [-0.2, -0.15) is 0 Å². The van der Waals surface area contributed by atoms with Crippen molar-refractivity contribution in [1.82, 2.24) is 9.80 Å². The van der Waals surface area contributed by atoms with Gasteiger partial charge in [0.15, 0.2) is 0 Å². The molecule has 1 aromatic rings. The predicted octanol–water partition coefficient (Wildman–Crippen LogP) is 3.75. The van der Waals surface area contributed by atoms with Crippen molar-refractivity contribution in [2.75, 3.05) is 26.2 Å². The van der Waals surface area contributed by atoms with Gasteiger partial charge in [-0.1, -0.05) is 19.1 Å². The summed E-state index contributed by atoms with van der Waals surface area (Å²) in [5, 5.41) is 0. The average molecular weight is 325 g/mol. The first kappa shape index (κ1) is 16.9. The second-order valence-electron chi connectivity index (χ2n) is 6.76. The summed E-state index contributed by atoms with van der Waals surface area (Å²) in [5.74, 6) is 0.116. The van der Waals surface area contributed by atoms with E-state index in [2.05, 4.69) is 23.2 Å². The van der Waals surface area contributed by atoms with Gasteiger partial charge in [-0.3, -0.25) is 9.79 Å². The van der Waals surface area contributed by atoms with Crippen LogP contribution in [0.15, 0.2) is 29.8 Å². The number of nitrogens with zero attached hydrogens (tertiary/aromatic N) is 3. The Hall–Kier alpha value is -1.94. The summed E-state index contributed by atoms with van der Waals surface area (Å²) < 4.78 is 0. The molecule has 2 aliphatic heterocycles. The molecule has 0 radical (unpaired) electrons. The molecule has 0 aromatic heterocycles. The topological polar surface area (TPSA) is 35.9 Å². The third-order valence-corrected chi connectivity index (χ3v) is 5.32. The van der Waals surface area contributed by atoms with E-state index in [4.69, 9.17) is 0 Å². The number of amides is 1. The number of aliphatic imine (C=N–C) groups is 1. The van der Waals surface area contributed by atoms with Crippen molar-refractivity contribution in [2.45, 2.75) is 38.1 Å². The van der Waals surface area contributed by atoms with E-state index in [1.54, 1.807) is 6.08 Å². The van der Waals surface area contributed by atoms with Crippen molar-refractivity contribution in [3.8, 4) is 0 Å². The number of likely N-dealkylation sites (tertiary alicyclic amines) is 2. The third kappa shape index (κ3) is 3.59. The van der Waals surface area contributed by atoms with Gasteiger partial charge in [0, 0.05) is 30.3 Å². The van der Waals surface area contributed by atoms with Crippen molar-refractivity contribution in [3.63, 3.8) is 0 Å². The number of benzene rings is 1. The fourth-order valence-electron chi connectivity index (χ4n) is 3.90. The Balaban J connectivity index is 1.62. The highest BCUT2D eigenvalue weighted by atomic mass is 16.2. The molecule has 1 aromatic carbocycles. The number of hydrogen-bond acceptors (Lipinski definition) is 3. The van der Waals surface area contributed by atoms with Crippen LogP contribution in [0.2, 0.25) is 0 Å². The lowest BCUT2D eigenvalue weighted by atomic mass is 9.99. The zero-order chi connectivity index (χ0) is 16.9. The van der Waals surface area contributed by atoms with E-state index in [0.717, 1.165) is 37.2 Å². The minimum Gasteiger partial charge on any atom is -0.339 e. The Morgan fingerprint density at radius 2 is 1.83 bits per heavy atom. The van der Waals surface area contributed by atoms with Crippen molar-refractivity contribution in [3.05, 3.63) is 35.9 Å². The first-order valence-corrected chi connectivity index (χ1v) is 8.99. The van der Waals surface area contributed by atoms with Gasteiger partial charge in [-0.25, -0.2) is 0 Å². The third-order valence-electron chi connectivity index (χ3n) is 5.32. The van der Waals surface area contributed by atoms with Crippen LogP contribution < -0.4 is 0 Å². The molecule has 2 heterocycles. The molecule has 4 heteroatoms. The second kappa shape index (κ2) is 7.75. The van der Waals surface area contributed by atoms with E-state index in [9.17, 15) is 4.79 Å². The lowest BCUT2D eigenvalue weighted by Gasteiger charge is -2.40. The number of carbonyl (C=O) groups excluding carboxylic acids is 1. The van der Waals surface area contributed by atoms with Crippen molar-refractivity contribution in [1.29, 1.82) is 0 Å². The molecule has 2 aliphatic rings. The summed E-state index contributed by atoms with van der Waals surface area (Å²) in [6.07, 6.45) is 7.93. The first-order valence-electron chi connectivity index (χ1n) is 8.99. The minimum atomic E-state index is 0.116. The van der Waals surface area contributed by atoms with Crippen molar-refractivity contribution >= 4 is 24.4 Å². The van der Waals surface area contributed by atoms with Crippen molar-refractivity contribution < 1.29 is 4.79 Å². The lowest BCUT2D eigenvalue weighted by Crippen LogP contribution is -2.48. The Labute approximate surface area is 144 Å². The molecule has 0 bridgehead atoms. The quantitative estimate of drug-likeness (QED) is 0.790. The van der Waals surface area contributed by atoms with Crippen LogP contribution in [-0.4, -0.2) is 54.6 Å². The second-order valence-corrected chi connectivity index (χ2v) is 6.76. The molecule has 0 N–H and O–H groups in total. The summed E-state index contributed by atoms with van der Waals surface area (Å²) >= 11 is 0. The largest absolute Gasteiger partial charge is 0.339 e. The summed E-state index contributed by atoms with van der Waals surface area (Å²) in [7, 11) is 0. The molecule has 24 heavy (non-hydrogen) atoms. The van der Waals surface area contributed by atoms with Gasteiger partial charge in [0.05, 0.1) is 5.69 Å². The van der Waals surface area contributed by atoms with Gasteiger partial charge >= 0.3 is 0 Å². The molecule has 0 unspecified atom stereocenters. The predicted molar refractivity (Wildman–Crippen MR) is 100 cm³/mol. The van der Waals surface area contributed by atoms with Gasteiger partial charge in [0.25, 0.3) is 5.91 Å². The van der Waals surface area contributed by atoms with Crippen LogP contribution in [0, 0.1) is 0 Å². The zero-order valence-electron chi connectivity index (χ0n) is 14.4. The molecule has 0 atom stereocenters. The first-order chi connectivity index (χ1) is 11.7. The Morgan fingerprint density at radius 3 is 2.46 bits per heavy atom. The van der Waals surface area contributed by atoms with E-state index >= 15 is 0 Å². The number of carbonyl (C=O) groups is 1. The Morgan fingerprint density at radius 1 is 1.12 bits per heavy atom. The normalized spacial score (nSPS) is 19.9. The standard InChI is InChI=1S/C20H27N3O/c1-3-16-15-17(7-8-19(16)21-2)20(24)23-13-9-18(10-14-23)22-11-5-4-6-12-22/h3,7-8,15,18H,1-2,4-6,9-14H2. The van der Waals surface area contributed by atoms with Crippen LogP contribution in [0.4, 0.5) is 5.69 Å². The summed E-state index contributed by atoms with van der Waals surface area (Å²) in [4.78, 5) is 21.4. The lowest BCUT2D eigenvalue weighted by molar-refractivity contribution is 0.0590. The Kier molecular flexibility index (Phi) is 5.46. The maximum atomic E-state index is 12.8. The molecular formula is C20H27N3O. The SMILES string of the molecule is C=Cc1cc(C(=O)N2CCC(N3CCCCC3)CC2)ccc1N=C. The molecule has 128 valence electrons. The molecule has 2 saturated heterocycles. The minimum absolute atomic E-state index is 0.116. The molecule has 0 aliphatic carbocycles. The number of rotatable bonds is 4. The highest BCUT2D eigenvalue weighted by molar-refractivity contribution is 5.95. The van der Waals surface area contributed by atoms with Gasteiger partial charge in [-0.15, -0.1) is 0 Å². The molecule has 1 amide bonds. The summed E-state index contributed by atoms with van der Waals surface area (Å²) in [6, 6.07) is 6.22. The van der Waals surface area contributed by atoms with E-state index < -0.39 is 0 Å². The van der Waals surface area contributed by atoms with Gasteiger partial charge in [-0.05, 0) is 63.7 Å². The van der Waals surface area contributed by atoms with E-state index in [0.29, 0.717) is 11.6 Å². The molecule has 0 saturated carbocycles. The number of piperidine rings is 2. The molecule has 2 fully saturated rings.